The average Bonchev–Trinajstić information content (AvgIpc) is 3.03. The van der Waals surface area contributed by atoms with Crippen molar-refractivity contribution < 1.29 is 59.4 Å². The first-order valence-corrected chi connectivity index (χ1v) is 17.2. The van der Waals surface area contributed by atoms with Gasteiger partial charge in [-0.05, 0) is 62.2 Å². The number of hydrogen-bond acceptors (Lipinski definition) is 12. The van der Waals surface area contributed by atoms with Crippen molar-refractivity contribution in [1.29, 1.82) is 0 Å². The Bertz CT molecular complexity index is 761. The summed E-state index contributed by atoms with van der Waals surface area (Å²) in [6, 6.07) is 0. The fraction of sp³-hybridized carbons (Fsp3) is 0.829. The second kappa shape index (κ2) is 26.7. The van der Waals surface area contributed by atoms with Crippen LogP contribution in [0.15, 0.2) is 0 Å². The summed E-state index contributed by atoms with van der Waals surface area (Å²) in [5.74, 6) is -0.907. The molecule has 272 valence electrons. The Hall–Kier alpha value is -2.22. The number of ketones is 6. The predicted molar refractivity (Wildman–Crippen MR) is 174 cm³/mol. The minimum atomic E-state index is -0.640. The molecular formula is C35H60O12. The molecular weight excluding hydrogens is 612 g/mol. The molecule has 12 nitrogen and oxygen atoms in total. The molecule has 0 heterocycles. The van der Waals surface area contributed by atoms with E-state index < -0.39 is 10.8 Å². The Balaban J connectivity index is 6.45. The Morgan fingerprint density at radius 2 is 0.447 bits per heavy atom. The van der Waals surface area contributed by atoms with Crippen LogP contribution < -0.4 is 0 Å². The van der Waals surface area contributed by atoms with Crippen molar-refractivity contribution in [3.63, 3.8) is 0 Å². The number of carbonyl (C=O) groups is 6. The Morgan fingerprint density at radius 3 is 0.596 bits per heavy atom. The third kappa shape index (κ3) is 21.4. The lowest BCUT2D eigenvalue weighted by Crippen LogP contribution is -2.28. The van der Waals surface area contributed by atoms with Crippen LogP contribution in [0.4, 0.5) is 0 Å². The highest BCUT2D eigenvalue weighted by Gasteiger charge is 2.35. The van der Waals surface area contributed by atoms with Crippen molar-refractivity contribution in [2.45, 2.75) is 135 Å². The van der Waals surface area contributed by atoms with E-state index in [9.17, 15) is 59.4 Å². The molecule has 0 radical (unpaired) electrons. The predicted octanol–water partition coefficient (Wildman–Crippen LogP) is 2.52. The summed E-state index contributed by atoms with van der Waals surface area (Å²) in [5, 5.41) is 55.6. The van der Waals surface area contributed by atoms with Crippen LogP contribution in [0.3, 0.4) is 0 Å². The Kier molecular flexibility index (Phi) is 25.4. The maximum absolute atomic E-state index is 12.5. The lowest BCUT2D eigenvalue weighted by Gasteiger charge is -2.38. The molecule has 0 aromatic rings. The Labute approximate surface area is 279 Å². The minimum absolute atomic E-state index is 0.0162. The van der Waals surface area contributed by atoms with Gasteiger partial charge >= 0.3 is 0 Å². The van der Waals surface area contributed by atoms with E-state index in [4.69, 9.17) is 0 Å². The number of Topliss-reactive ketones (excluding diaryl/α,β-unsaturated/α-hetero) is 6. The summed E-state index contributed by atoms with van der Waals surface area (Å²) in [6.07, 6.45) is 4.35. The summed E-state index contributed by atoms with van der Waals surface area (Å²) in [5.41, 5.74) is -1.28. The molecule has 0 aliphatic rings. The molecule has 0 aliphatic carbocycles. The fourth-order valence-electron chi connectivity index (χ4n) is 6.26. The van der Waals surface area contributed by atoms with Gasteiger partial charge in [-0.15, -0.1) is 0 Å². The van der Waals surface area contributed by atoms with Crippen LogP contribution in [0.2, 0.25) is 0 Å². The third-order valence-electron chi connectivity index (χ3n) is 9.36. The standard InChI is InChI=1S/C35H60O12/c36-22-8-28(42)2-16-34(17-3-29(43)9-23-37,18-4-30(44)10-24-38)14-1-15-35(19-5-31(45)11-25-39,20-6-32(46)12-26-40)21-7-33(47)13-27-41/h36-41H,1-27H2. The van der Waals surface area contributed by atoms with Crippen LogP contribution >= 0.6 is 0 Å². The van der Waals surface area contributed by atoms with Gasteiger partial charge in [-0.3, -0.25) is 28.8 Å². The van der Waals surface area contributed by atoms with Gasteiger partial charge in [0.1, 0.15) is 34.7 Å². The number of hydrogen-bond donors (Lipinski definition) is 6. The largest absolute Gasteiger partial charge is 0.396 e. The molecule has 0 fully saturated rings. The van der Waals surface area contributed by atoms with E-state index in [1.54, 1.807) is 0 Å². The molecule has 0 aliphatic heterocycles. The molecule has 0 spiro atoms. The second-order valence-corrected chi connectivity index (χ2v) is 12.9. The molecule has 0 saturated heterocycles. The molecule has 0 saturated carbocycles. The quantitative estimate of drug-likeness (QED) is 0.0580. The normalized spacial score (nSPS) is 11.9. The maximum atomic E-state index is 12.5. The molecule has 47 heavy (non-hydrogen) atoms. The van der Waals surface area contributed by atoms with E-state index >= 15 is 0 Å². The minimum Gasteiger partial charge on any atom is -0.396 e. The first-order valence-electron chi connectivity index (χ1n) is 17.2. The molecule has 12 heteroatoms. The molecule has 0 atom stereocenters. The second-order valence-electron chi connectivity index (χ2n) is 12.9. The van der Waals surface area contributed by atoms with Gasteiger partial charge in [0.2, 0.25) is 0 Å². The van der Waals surface area contributed by atoms with Crippen molar-refractivity contribution in [2.75, 3.05) is 39.6 Å². The first kappa shape index (κ1) is 44.8. The molecule has 0 aromatic carbocycles. The molecule has 0 rings (SSSR count). The highest BCUT2D eigenvalue weighted by molar-refractivity contribution is 5.81. The van der Waals surface area contributed by atoms with Crippen molar-refractivity contribution in [2.24, 2.45) is 10.8 Å². The van der Waals surface area contributed by atoms with Crippen LogP contribution in [0.1, 0.15) is 135 Å². The lowest BCUT2D eigenvalue weighted by molar-refractivity contribution is -0.123. The Morgan fingerprint density at radius 1 is 0.277 bits per heavy atom. The molecule has 0 amide bonds. The van der Waals surface area contributed by atoms with Crippen molar-refractivity contribution in [3.8, 4) is 0 Å². The number of carbonyl (C=O) groups excluding carboxylic acids is 6. The van der Waals surface area contributed by atoms with Crippen molar-refractivity contribution in [1.82, 2.24) is 0 Å². The van der Waals surface area contributed by atoms with Gasteiger partial charge in [0.25, 0.3) is 0 Å². The number of rotatable bonds is 34. The van der Waals surface area contributed by atoms with E-state index in [2.05, 4.69) is 0 Å². The zero-order valence-electron chi connectivity index (χ0n) is 28.2. The van der Waals surface area contributed by atoms with Gasteiger partial charge < -0.3 is 30.6 Å². The van der Waals surface area contributed by atoms with E-state index in [0.717, 1.165) is 0 Å². The zero-order valence-corrected chi connectivity index (χ0v) is 28.2. The first-order chi connectivity index (χ1) is 22.4. The van der Waals surface area contributed by atoms with Crippen LogP contribution in [0.25, 0.3) is 0 Å². The van der Waals surface area contributed by atoms with Gasteiger partial charge in [-0.25, -0.2) is 0 Å². The van der Waals surface area contributed by atoms with Gasteiger partial charge in [0.15, 0.2) is 0 Å². The van der Waals surface area contributed by atoms with Crippen molar-refractivity contribution in [3.05, 3.63) is 0 Å². The van der Waals surface area contributed by atoms with Crippen molar-refractivity contribution >= 4 is 34.7 Å². The monoisotopic (exact) mass is 672 g/mol. The van der Waals surface area contributed by atoms with Gasteiger partial charge in [0, 0.05) is 117 Å². The van der Waals surface area contributed by atoms with Gasteiger partial charge in [-0.2, -0.15) is 0 Å². The highest BCUT2D eigenvalue weighted by atomic mass is 16.3. The van der Waals surface area contributed by atoms with Crippen LogP contribution in [0.5, 0.6) is 0 Å². The fourth-order valence-corrected chi connectivity index (χ4v) is 6.26. The SMILES string of the molecule is O=C(CCO)CCC(CCCC(CCC(=O)CCO)(CCC(=O)CCO)CCC(=O)CCO)(CCC(=O)CCO)CCC(=O)CCO. The van der Waals surface area contributed by atoms with Crippen LogP contribution in [-0.4, -0.2) is 105 Å². The number of aliphatic hydroxyl groups is 6. The molecule has 0 unspecified atom stereocenters. The molecule has 6 N–H and O–H groups in total. The highest BCUT2D eigenvalue weighted by Crippen LogP contribution is 2.45. The zero-order chi connectivity index (χ0) is 35.6. The lowest BCUT2D eigenvalue weighted by atomic mass is 9.66. The third-order valence-corrected chi connectivity index (χ3v) is 9.36. The topological polar surface area (TPSA) is 224 Å². The smallest absolute Gasteiger partial charge is 0.135 e. The van der Waals surface area contributed by atoms with E-state index in [1.165, 1.54) is 0 Å². The maximum Gasteiger partial charge on any atom is 0.135 e. The summed E-state index contributed by atoms with van der Waals surface area (Å²) >= 11 is 0. The molecule has 0 aromatic heterocycles. The summed E-state index contributed by atoms with van der Waals surface area (Å²) < 4.78 is 0. The van der Waals surface area contributed by atoms with E-state index in [1.807, 2.05) is 0 Å². The number of aliphatic hydroxyl groups excluding tert-OH is 6. The average molecular weight is 673 g/mol. The molecule has 0 bridgehead atoms. The van der Waals surface area contributed by atoms with Crippen LogP contribution in [-0.2, 0) is 28.8 Å². The van der Waals surface area contributed by atoms with Crippen LogP contribution in [0, 0.1) is 10.8 Å². The summed E-state index contributed by atoms with van der Waals surface area (Å²) in [7, 11) is 0. The summed E-state index contributed by atoms with van der Waals surface area (Å²) in [6.45, 7) is -1.77. The van der Waals surface area contributed by atoms with E-state index in [0.29, 0.717) is 57.8 Å². The van der Waals surface area contributed by atoms with Gasteiger partial charge in [0.05, 0.1) is 0 Å². The van der Waals surface area contributed by atoms with E-state index in [-0.39, 0.29) is 151 Å². The summed E-state index contributed by atoms with van der Waals surface area (Å²) in [4.78, 5) is 75.0. The van der Waals surface area contributed by atoms with Gasteiger partial charge in [-0.1, -0.05) is 6.42 Å².